The maximum atomic E-state index is 6.55. The third-order valence-corrected chi connectivity index (χ3v) is 8.78. The predicted molar refractivity (Wildman–Crippen MR) is 200 cm³/mol. The maximum Gasteiger partial charge on any atom is 2.00 e. The van der Waals surface area contributed by atoms with Crippen LogP contribution in [0.4, 0.5) is 0 Å². The second-order valence-corrected chi connectivity index (χ2v) is 13.9. The maximum absolute atomic E-state index is 6.55. The summed E-state index contributed by atoms with van der Waals surface area (Å²) >= 11 is 0. The molecule has 3 aromatic heterocycles. The largest absolute Gasteiger partial charge is 2.00 e. The second-order valence-electron chi connectivity index (χ2n) is 13.9. The fourth-order valence-corrected chi connectivity index (χ4v) is 6.31. The predicted octanol–water partition coefficient (Wildman–Crippen LogP) is 10.5. The molecule has 0 atom stereocenters. The molecule has 0 aliphatic carbocycles. The number of aromatic nitrogens is 4. The molecule has 0 fully saturated rings. The van der Waals surface area contributed by atoms with Crippen molar-refractivity contribution in [3.63, 3.8) is 0 Å². The van der Waals surface area contributed by atoms with E-state index >= 15 is 0 Å². The van der Waals surface area contributed by atoms with Crippen LogP contribution in [0.2, 0.25) is 0 Å². The van der Waals surface area contributed by atoms with Crippen LogP contribution in [0.15, 0.2) is 97.2 Å². The van der Waals surface area contributed by atoms with E-state index in [0.29, 0.717) is 29.7 Å². The normalized spacial score (nSPS) is 11.7. The molecular formula is C43H42N4O3Pt. The van der Waals surface area contributed by atoms with Crippen LogP contribution in [0.25, 0.3) is 44.4 Å². The number of benzene rings is 4. The Morgan fingerprint density at radius 1 is 0.843 bits per heavy atom. The molecule has 8 heteroatoms. The zero-order chi connectivity index (χ0) is 35.0. The van der Waals surface area contributed by atoms with Crippen LogP contribution in [0, 0.1) is 19.1 Å². The Hall–Kier alpha value is -4.71. The molecule has 262 valence electrons. The van der Waals surface area contributed by atoms with Gasteiger partial charge in [0.1, 0.15) is 5.82 Å². The summed E-state index contributed by atoms with van der Waals surface area (Å²) in [6.45, 7) is 15.5. The topological polar surface area (TPSA) is 63.3 Å². The van der Waals surface area contributed by atoms with Gasteiger partial charge in [0.2, 0.25) is 5.88 Å². The van der Waals surface area contributed by atoms with E-state index < -0.39 is 0 Å². The number of nitrogens with zero attached hydrogens (tertiary/aromatic N) is 4. The Morgan fingerprint density at radius 3 is 2.35 bits per heavy atom. The van der Waals surface area contributed by atoms with Crippen LogP contribution in [0.1, 0.15) is 64.3 Å². The SMILES string of the molecule is CCOCOc1c(-c2ccccc2)c(C(C)C)nn1-c1[c-]c(Oc2[c-]c3c(cc2)c2ccccc2n3-c2cc(C(C)(C)C)ccn2)cc(C)c1.[Pt+2]. The van der Waals surface area contributed by atoms with Crippen molar-refractivity contribution >= 4 is 21.8 Å². The molecule has 7 rings (SSSR count). The van der Waals surface area contributed by atoms with Crippen molar-refractivity contribution in [3.8, 4) is 40.0 Å². The first kappa shape index (κ1) is 36.1. The minimum atomic E-state index is -0.0204. The first-order valence-corrected chi connectivity index (χ1v) is 17.2. The van der Waals surface area contributed by atoms with Gasteiger partial charge in [-0.2, -0.15) is 16.7 Å². The first-order chi connectivity index (χ1) is 24.1. The molecule has 0 unspecified atom stereocenters. The molecule has 0 bridgehead atoms. The molecule has 7 aromatic rings. The number of hydrogen-bond acceptors (Lipinski definition) is 5. The van der Waals surface area contributed by atoms with E-state index in [9.17, 15) is 0 Å². The summed E-state index contributed by atoms with van der Waals surface area (Å²) in [5.41, 5.74) is 7.73. The van der Waals surface area contributed by atoms with Crippen molar-refractivity contribution in [1.82, 2.24) is 19.3 Å². The average molecular weight is 858 g/mol. The number of para-hydroxylation sites is 1. The number of aryl methyl sites for hydroxylation is 1. The van der Waals surface area contributed by atoms with Gasteiger partial charge in [-0.25, -0.2) is 9.67 Å². The quantitative estimate of drug-likeness (QED) is 0.0779. The summed E-state index contributed by atoms with van der Waals surface area (Å²) < 4.78 is 22.5. The molecule has 0 amide bonds. The molecule has 3 heterocycles. The van der Waals surface area contributed by atoms with E-state index in [2.05, 4.69) is 106 Å². The van der Waals surface area contributed by atoms with Gasteiger partial charge in [-0.05, 0) is 58.7 Å². The number of ether oxygens (including phenoxy) is 3. The minimum Gasteiger partial charge on any atom is -0.509 e. The van der Waals surface area contributed by atoms with Crippen LogP contribution in [-0.2, 0) is 31.2 Å². The van der Waals surface area contributed by atoms with Gasteiger partial charge >= 0.3 is 21.1 Å². The Morgan fingerprint density at radius 2 is 1.61 bits per heavy atom. The molecular weight excluding hydrogens is 816 g/mol. The second kappa shape index (κ2) is 14.9. The van der Waals surface area contributed by atoms with Gasteiger partial charge in [0.15, 0.2) is 6.79 Å². The van der Waals surface area contributed by atoms with E-state index in [1.54, 1.807) is 0 Å². The minimum absolute atomic E-state index is 0. The summed E-state index contributed by atoms with van der Waals surface area (Å²) in [5.74, 6) is 2.71. The number of hydrogen-bond donors (Lipinski definition) is 0. The molecule has 7 nitrogen and oxygen atoms in total. The van der Waals surface area contributed by atoms with Crippen molar-refractivity contribution in [3.05, 3.63) is 126 Å². The van der Waals surface area contributed by atoms with Gasteiger partial charge in [0, 0.05) is 29.8 Å². The van der Waals surface area contributed by atoms with Crippen molar-refractivity contribution in [2.75, 3.05) is 13.4 Å². The molecule has 0 aliphatic rings. The van der Waals surface area contributed by atoms with Crippen LogP contribution in [0.5, 0.6) is 17.4 Å². The fourth-order valence-electron chi connectivity index (χ4n) is 6.31. The molecule has 51 heavy (non-hydrogen) atoms. The van der Waals surface area contributed by atoms with Gasteiger partial charge in [-0.15, -0.1) is 35.7 Å². The Kier molecular flexibility index (Phi) is 10.5. The van der Waals surface area contributed by atoms with Crippen LogP contribution < -0.4 is 9.47 Å². The van der Waals surface area contributed by atoms with E-state index in [-0.39, 0.29) is 39.2 Å². The van der Waals surface area contributed by atoms with Crippen LogP contribution in [-0.4, -0.2) is 32.7 Å². The third-order valence-electron chi connectivity index (χ3n) is 8.78. The summed E-state index contributed by atoms with van der Waals surface area (Å²) in [6, 6.07) is 38.0. The Bertz CT molecular complexity index is 2300. The van der Waals surface area contributed by atoms with Crippen molar-refractivity contribution in [2.24, 2.45) is 0 Å². The molecule has 0 saturated heterocycles. The molecule has 0 aliphatic heterocycles. The van der Waals surface area contributed by atoms with Crippen molar-refractivity contribution in [2.45, 2.75) is 59.8 Å². The summed E-state index contributed by atoms with van der Waals surface area (Å²) in [4.78, 5) is 4.81. The molecule has 0 saturated carbocycles. The van der Waals surface area contributed by atoms with Crippen LogP contribution in [0.3, 0.4) is 0 Å². The van der Waals surface area contributed by atoms with Crippen molar-refractivity contribution in [1.29, 1.82) is 0 Å². The third kappa shape index (κ3) is 7.24. The van der Waals surface area contributed by atoms with Gasteiger partial charge in [0.25, 0.3) is 0 Å². The Labute approximate surface area is 314 Å². The molecule has 0 radical (unpaired) electrons. The summed E-state index contributed by atoms with van der Waals surface area (Å²) in [6.07, 6.45) is 1.88. The number of pyridine rings is 1. The monoisotopic (exact) mass is 857 g/mol. The zero-order valence-electron chi connectivity index (χ0n) is 30.1. The molecule has 0 spiro atoms. The van der Waals surface area contributed by atoms with E-state index in [1.165, 1.54) is 5.56 Å². The van der Waals surface area contributed by atoms with Gasteiger partial charge in [0.05, 0.1) is 11.3 Å². The van der Waals surface area contributed by atoms with Crippen molar-refractivity contribution < 1.29 is 35.3 Å². The molecule has 4 aromatic carbocycles. The molecule has 0 N–H and O–H groups in total. The van der Waals surface area contributed by atoms with E-state index in [0.717, 1.165) is 50.0 Å². The summed E-state index contributed by atoms with van der Waals surface area (Å²) in [7, 11) is 0. The van der Waals surface area contributed by atoms with Gasteiger partial charge in [-0.3, -0.25) is 0 Å². The van der Waals surface area contributed by atoms with Gasteiger partial charge < -0.3 is 18.8 Å². The van der Waals surface area contributed by atoms with E-state index in [1.807, 2.05) is 61.1 Å². The fraction of sp³-hybridized carbons (Fsp3) is 0.256. The standard InChI is InChI=1S/C43H42N4O3.Pt/c1-8-48-27-49-42-40(30-14-10-9-11-15-30)41(28(2)3)45-47(42)32-22-29(4)23-34(25-32)50-33-18-19-36-35-16-12-13-17-37(35)46(38(36)26-33)39-24-31(20-21-44-39)43(5,6)7;/h9-24,28H,8,27H2,1-7H3;/q-2;+2. The first-order valence-electron chi connectivity index (χ1n) is 17.2. The Balaban J connectivity index is 0.00000448. The van der Waals surface area contributed by atoms with Gasteiger partial charge in [-0.1, -0.05) is 95.6 Å². The number of rotatable bonds is 10. The summed E-state index contributed by atoms with van der Waals surface area (Å²) in [5, 5.41) is 7.30. The number of fused-ring (bicyclic) bond motifs is 3. The zero-order valence-corrected chi connectivity index (χ0v) is 32.3. The smallest absolute Gasteiger partial charge is 0.509 e. The average Bonchev–Trinajstić information content (AvgIpc) is 3.64. The van der Waals surface area contributed by atoms with Crippen LogP contribution >= 0.6 is 0 Å². The van der Waals surface area contributed by atoms with E-state index in [4.69, 9.17) is 24.3 Å².